The molecule has 4 unspecified atom stereocenters. The number of hydrogen-bond acceptors (Lipinski definition) is 4. The zero-order chi connectivity index (χ0) is 31.0. The van der Waals surface area contributed by atoms with Crippen LogP contribution in [-0.4, -0.2) is 36.5 Å². The molecular formula is C36H58N2O4. The number of amides is 2. The highest BCUT2D eigenvalue weighted by atomic mass is 16.5. The topological polar surface area (TPSA) is 84.5 Å². The average Bonchev–Trinajstić information content (AvgIpc) is 3.29. The van der Waals surface area contributed by atoms with Gasteiger partial charge < -0.3 is 15.4 Å². The second-order valence-corrected chi connectivity index (χ2v) is 16.8. The number of ketones is 1. The molecular weight excluding hydrogens is 524 g/mol. The third kappa shape index (κ3) is 4.34. The van der Waals surface area contributed by atoms with E-state index in [-0.39, 0.29) is 39.1 Å². The Hall–Kier alpha value is -1.85. The molecule has 5 rings (SSSR count). The quantitative estimate of drug-likeness (QED) is 0.260. The highest BCUT2D eigenvalue weighted by Crippen LogP contribution is 2.76. The predicted octanol–water partition coefficient (Wildman–Crippen LogP) is 7.46. The van der Waals surface area contributed by atoms with Crippen LogP contribution in [0.4, 0.5) is 4.79 Å². The summed E-state index contributed by atoms with van der Waals surface area (Å²) in [6, 6.07) is -0.925. The molecule has 2 N–H and O–H groups in total. The maximum Gasteiger partial charge on any atom is 0.328 e. The summed E-state index contributed by atoms with van der Waals surface area (Å²) >= 11 is 0. The van der Waals surface area contributed by atoms with Crippen LogP contribution >= 0.6 is 0 Å². The lowest BCUT2D eigenvalue weighted by Crippen LogP contribution is -2.69. The second kappa shape index (κ2) is 10.4. The third-order valence-corrected chi connectivity index (χ3v) is 14.6. The van der Waals surface area contributed by atoms with Gasteiger partial charge in [-0.1, -0.05) is 60.6 Å². The summed E-state index contributed by atoms with van der Waals surface area (Å²) in [4.78, 5) is 39.1. The highest BCUT2D eigenvalue weighted by Gasteiger charge is 2.71. The van der Waals surface area contributed by atoms with E-state index in [0.29, 0.717) is 35.4 Å². The molecule has 5 aliphatic rings. The molecule has 0 aliphatic heterocycles. The van der Waals surface area contributed by atoms with Gasteiger partial charge in [-0.15, -0.1) is 0 Å². The molecule has 6 heteroatoms. The van der Waals surface area contributed by atoms with Crippen molar-refractivity contribution < 1.29 is 19.1 Å². The fourth-order valence-electron chi connectivity index (χ4n) is 12.2. The van der Waals surface area contributed by atoms with E-state index >= 15 is 0 Å². The van der Waals surface area contributed by atoms with E-state index in [9.17, 15) is 14.4 Å². The first kappa shape index (κ1) is 31.6. The van der Waals surface area contributed by atoms with Crippen molar-refractivity contribution in [1.29, 1.82) is 0 Å². The Labute approximate surface area is 254 Å². The first-order valence-corrected chi connectivity index (χ1v) is 16.8. The Morgan fingerprint density at radius 2 is 1.60 bits per heavy atom. The Morgan fingerprint density at radius 3 is 2.21 bits per heavy atom. The number of rotatable bonds is 5. The number of esters is 1. The molecule has 2 amide bonds. The number of methoxy groups -OCH3 is 1. The van der Waals surface area contributed by atoms with E-state index < -0.39 is 12.0 Å². The van der Waals surface area contributed by atoms with Crippen LogP contribution in [0.25, 0.3) is 0 Å². The van der Waals surface area contributed by atoms with Crippen molar-refractivity contribution in [2.24, 2.45) is 57.2 Å². The molecule has 5 aliphatic carbocycles. The van der Waals surface area contributed by atoms with Crippen molar-refractivity contribution in [1.82, 2.24) is 10.6 Å². The molecule has 0 bridgehead atoms. The summed E-state index contributed by atoms with van der Waals surface area (Å²) in [5, 5.41) is 6.48. The molecule has 42 heavy (non-hydrogen) atoms. The van der Waals surface area contributed by atoms with Gasteiger partial charge in [0.1, 0.15) is 11.8 Å². The standard InChI is InChI=1S/C36H58N2O4/c1-21(2)23-13-18-36(38-31(41)37-29(22(3)4)30(40)42-10)20-19-34(8)24(28(23)36)11-12-26-33(7)16-15-27(39)32(5,6)25(33)14-17-35(26,34)9/h22-26,28-29H,1,11-20H2,2-10H3,(H2,37,38,41)/t23-,24?,25?,26+,28?,29+,33-,34-,35+,36?/m0/s1. The van der Waals surface area contributed by atoms with E-state index in [1.54, 1.807) is 0 Å². The normalized spacial score (nSPS) is 44.6. The number of ether oxygens (including phenoxy) is 1. The van der Waals surface area contributed by atoms with E-state index in [4.69, 9.17) is 4.74 Å². The Balaban J connectivity index is 1.47. The number of allylic oxidation sites excluding steroid dienone is 1. The molecule has 6 nitrogen and oxygen atoms in total. The van der Waals surface area contributed by atoms with E-state index in [2.05, 4.69) is 58.8 Å². The van der Waals surface area contributed by atoms with Crippen LogP contribution < -0.4 is 10.6 Å². The first-order valence-electron chi connectivity index (χ1n) is 16.8. The summed E-state index contributed by atoms with van der Waals surface area (Å²) in [7, 11) is 1.37. The van der Waals surface area contributed by atoms with Crippen LogP contribution in [0.1, 0.15) is 120 Å². The molecule has 0 aromatic carbocycles. The summed E-state index contributed by atoms with van der Waals surface area (Å²) in [6.07, 6.45) is 10.5. The van der Waals surface area contributed by atoms with Gasteiger partial charge in [0, 0.05) is 17.4 Å². The van der Waals surface area contributed by atoms with E-state index in [1.165, 1.54) is 31.9 Å². The summed E-state index contributed by atoms with van der Waals surface area (Å²) in [5.41, 5.74) is 1.25. The molecule has 0 aromatic heterocycles. The highest BCUT2D eigenvalue weighted by molar-refractivity contribution is 5.85. The molecule has 0 heterocycles. The number of carbonyl (C=O) groups is 3. The second-order valence-electron chi connectivity index (χ2n) is 16.8. The molecule has 10 atom stereocenters. The van der Waals surface area contributed by atoms with Gasteiger partial charge in [-0.05, 0) is 116 Å². The van der Waals surface area contributed by atoms with Gasteiger partial charge in [0.05, 0.1) is 7.11 Å². The number of hydrogen-bond donors (Lipinski definition) is 2. The van der Waals surface area contributed by atoms with Crippen molar-refractivity contribution in [2.45, 2.75) is 131 Å². The SMILES string of the molecule is C=C(C)[C@@H]1CCC2(NC(=O)N[C@@H](C(=O)OC)C(C)C)CC[C@@]3(C)C(CC[C@@H]4[C@@]5(C)CCC(=O)C(C)(C)C5CC[C@]43C)C12. The first-order chi connectivity index (χ1) is 19.5. The maximum atomic E-state index is 13.6. The number of nitrogens with one attached hydrogen (secondary N) is 2. The van der Waals surface area contributed by atoms with Crippen LogP contribution in [0.5, 0.6) is 0 Å². The van der Waals surface area contributed by atoms with Crippen molar-refractivity contribution in [3.05, 3.63) is 12.2 Å². The number of carbonyl (C=O) groups excluding carboxylic acids is 3. The van der Waals surface area contributed by atoms with Gasteiger partial charge in [0.15, 0.2) is 0 Å². The molecule has 236 valence electrons. The lowest BCUT2D eigenvalue weighted by Gasteiger charge is -2.72. The van der Waals surface area contributed by atoms with Crippen LogP contribution in [0.3, 0.4) is 0 Å². The minimum atomic E-state index is -0.672. The molecule has 5 saturated carbocycles. The van der Waals surface area contributed by atoms with Crippen molar-refractivity contribution in [3.8, 4) is 0 Å². The number of Topliss-reactive ketones (excluding diaryl/α,β-unsaturated/α-hetero) is 1. The van der Waals surface area contributed by atoms with Crippen LogP contribution in [0.2, 0.25) is 0 Å². The minimum Gasteiger partial charge on any atom is -0.467 e. The van der Waals surface area contributed by atoms with Crippen LogP contribution in [0, 0.1) is 57.2 Å². The fourth-order valence-corrected chi connectivity index (χ4v) is 12.2. The van der Waals surface area contributed by atoms with Crippen molar-refractivity contribution >= 4 is 17.8 Å². The van der Waals surface area contributed by atoms with Crippen LogP contribution in [-0.2, 0) is 14.3 Å². The molecule has 0 aromatic rings. The summed E-state index contributed by atoms with van der Waals surface area (Å²) in [6.45, 7) is 22.7. The largest absolute Gasteiger partial charge is 0.467 e. The van der Waals surface area contributed by atoms with Gasteiger partial charge in [0.25, 0.3) is 0 Å². The lowest BCUT2D eigenvalue weighted by molar-refractivity contribution is -0.228. The van der Waals surface area contributed by atoms with E-state index in [1.807, 2.05) is 13.8 Å². The molecule has 0 radical (unpaired) electrons. The van der Waals surface area contributed by atoms with Crippen molar-refractivity contribution in [3.63, 3.8) is 0 Å². The fraction of sp³-hybridized carbons (Fsp3) is 0.861. The number of fused-ring (bicyclic) bond motifs is 7. The Morgan fingerprint density at radius 1 is 0.905 bits per heavy atom. The number of urea groups is 1. The zero-order valence-electron chi connectivity index (χ0n) is 28.0. The van der Waals surface area contributed by atoms with Crippen molar-refractivity contribution in [2.75, 3.05) is 7.11 Å². The Bertz CT molecular complexity index is 1150. The van der Waals surface area contributed by atoms with Gasteiger partial charge in [0.2, 0.25) is 0 Å². The molecule has 0 saturated heterocycles. The summed E-state index contributed by atoms with van der Waals surface area (Å²) in [5.74, 6) is 2.27. The van der Waals surface area contributed by atoms with Gasteiger partial charge >= 0.3 is 12.0 Å². The average molecular weight is 583 g/mol. The Kier molecular flexibility index (Phi) is 7.79. The van der Waals surface area contributed by atoms with Gasteiger partial charge in [-0.25, -0.2) is 9.59 Å². The smallest absolute Gasteiger partial charge is 0.328 e. The molecule has 5 fully saturated rings. The maximum absolute atomic E-state index is 13.6. The lowest BCUT2D eigenvalue weighted by atomic mass is 9.32. The zero-order valence-corrected chi connectivity index (χ0v) is 28.0. The molecule has 0 spiro atoms. The van der Waals surface area contributed by atoms with E-state index in [0.717, 1.165) is 44.9 Å². The predicted molar refractivity (Wildman–Crippen MR) is 167 cm³/mol. The third-order valence-electron chi connectivity index (χ3n) is 14.6. The summed E-state index contributed by atoms with van der Waals surface area (Å²) < 4.78 is 5.00. The van der Waals surface area contributed by atoms with Gasteiger partial charge in [-0.2, -0.15) is 0 Å². The minimum absolute atomic E-state index is 0.0651. The monoisotopic (exact) mass is 582 g/mol. The van der Waals surface area contributed by atoms with Gasteiger partial charge in [-0.3, -0.25) is 4.79 Å². The van der Waals surface area contributed by atoms with Crippen LogP contribution in [0.15, 0.2) is 12.2 Å².